The Bertz CT molecular complexity index is 1550. The van der Waals surface area contributed by atoms with E-state index in [-0.39, 0.29) is 30.9 Å². The van der Waals surface area contributed by atoms with Crippen LogP contribution in [0.3, 0.4) is 0 Å². The van der Waals surface area contributed by atoms with Crippen molar-refractivity contribution in [3.63, 3.8) is 0 Å². The average Bonchev–Trinajstić information content (AvgIpc) is 3.34. The lowest BCUT2D eigenvalue weighted by molar-refractivity contribution is -0.125. The third-order valence-electron chi connectivity index (χ3n) is 7.92. The van der Waals surface area contributed by atoms with Crippen LogP contribution in [-0.4, -0.2) is 93.8 Å². The van der Waals surface area contributed by atoms with Gasteiger partial charge in [0.05, 0.1) is 17.9 Å². The van der Waals surface area contributed by atoms with E-state index in [4.69, 9.17) is 9.73 Å². The molecule has 1 unspecified atom stereocenters. The molecule has 0 radical (unpaired) electrons. The van der Waals surface area contributed by atoms with Gasteiger partial charge in [-0.2, -0.15) is 0 Å². The summed E-state index contributed by atoms with van der Waals surface area (Å²) in [6.45, 7) is 4.17. The zero-order valence-corrected chi connectivity index (χ0v) is 25.2. The number of nitrogens with one attached hydrogen (secondary N) is 2. The maximum Gasteiger partial charge on any atom is 0.246 e. The number of rotatable bonds is 10. The van der Waals surface area contributed by atoms with E-state index in [1.54, 1.807) is 18.0 Å². The molecule has 0 bridgehead atoms. The second-order valence-electron chi connectivity index (χ2n) is 11.1. The zero-order valence-electron chi connectivity index (χ0n) is 25.2. The highest BCUT2D eigenvalue weighted by atomic mass is 19.1. The van der Waals surface area contributed by atoms with Gasteiger partial charge < -0.3 is 25.2 Å². The monoisotopic (exact) mass is 600 g/mol. The fourth-order valence-electron chi connectivity index (χ4n) is 5.36. The molecule has 0 spiro atoms. The molecule has 230 valence electrons. The van der Waals surface area contributed by atoms with Gasteiger partial charge in [-0.15, -0.1) is 0 Å². The lowest BCUT2D eigenvalue weighted by Crippen LogP contribution is -2.48. The maximum atomic E-state index is 14.0. The Hall–Kier alpha value is -4.45. The summed E-state index contributed by atoms with van der Waals surface area (Å²) in [5.74, 6) is -1.78. The van der Waals surface area contributed by atoms with Crippen molar-refractivity contribution in [2.75, 3.05) is 70.8 Å². The van der Waals surface area contributed by atoms with Crippen molar-refractivity contribution in [1.29, 1.82) is 0 Å². The first-order valence-corrected chi connectivity index (χ1v) is 14.5. The minimum atomic E-state index is -0.781. The first-order valence-electron chi connectivity index (χ1n) is 14.5. The molecule has 2 heterocycles. The number of anilines is 2. The molecular weight excluding hydrogens is 563 g/mol. The molecule has 0 aromatic heterocycles. The molecule has 5 rings (SSSR count). The van der Waals surface area contributed by atoms with Gasteiger partial charge in [0.2, 0.25) is 17.7 Å². The largest absolute Gasteiger partial charge is 0.375 e. The molecule has 11 heteroatoms. The highest BCUT2D eigenvalue weighted by Gasteiger charge is 2.35. The van der Waals surface area contributed by atoms with Crippen molar-refractivity contribution in [1.82, 2.24) is 15.1 Å². The Morgan fingerprint density at radius 2 is 1.82 bits per heavy atom. The summed E-state index contributed by atoms with van der Waals surface area (Å²) in [5.41, 5.74) is 4.33. The number of halogens is 1. The number of piperazine rings is 1. The Kier molecular flexibility index (Phi) is 9.78. The number of amides is 3. The van der Waals surface area contributed by atoms with Gasteiger partial charge in [0.1, 0.15) is 18.3 Å². The summed E-state index contributed by atoms with van der Waals surface area (Å²) < 4.78 is 18.9. The number of aliphatic imine (C=N–C) groups is 1. The number of hydrogen-bond donors (Lipinski definition) is 2. The van der Waals surface area contributed by atoms with E-state index in [2.05, 4.69) is 27.5 Å². The van der Waals surface area contributed by atoms with Crippen molar-refractivity contribution in [3.8, 4) is 0 Å². The maximum absolute atomic E-state index is 14.0. The fraction of sp³-hybridized carbons (Fsp3) is 0.333. The fourth-order valence-corrected chi connectivity index (χ4v) is 5.36. The molecule has 44 heavy (non-hydrogen) atoms. The number of ether oxygens (including phenoxy) is 1. The van der Waals surface area contributed by atoms with Crippen LogP contribution >= 0.6 is 0 Å². The van der Waals surface area contributed by atoms with Gasteiger partial charge in [-0.3, -0.25) is 24.3 Å². The molecule has 1 fully saturated rings. The minimum Gasteiger partial charge on any atom is -0.375 e. The highest BCUT2D eigenvalue weighted by Crippen LogP contribution is 2.37. The predicted octanol–water partition coefficient (Wildman–Crippen LogP) is 3.16. The lowest BCUT2D eigenvalue weighted by Gasteiger charge is -2.32. The molecule has 0 aliphatic carbocycles. The van der Waals surface area contributed by atoms with E-state index < -0.39 is 11.7 Å². The summed E-state index contributed by atoms with van der Waals surface area (Å²) in [6, 6.07) is 18.9. The van der Waals surface area contributed by atoms with Crippen molar-refractivity contribution in [3.05, 3.63) is 89.2 Å². The van der Waals surface area contributed by atoms with Crippen LogP contribution < -0.4 is 15.5 Å². The highest BCUT2D eigenvalue weighted by molar-refractivity contribution is 6.24. The summed E-state index contributed by atoms with van der Waals surface area (Å²) in [7, 11) is 5.30. The number of hydrogen-bond acceptors (Lipinski definition) is 7. The number of fused-ring (bicyclic) bond motifs is 1. The van der Waals surface area contributed by atoms with E-state index in [9.17, 15) is 18.8 Å². The van der Waals surface area contributed by atoms with Gasteiger partial charge in [0.15, 0.2) is 0 Å². The van der Waals surface area contributed by atoms with E-state index in [0.717, 1.165) is 37.4 Å². The Morgan fingerprint density at radius 1 is 1.07 bits per heavy atom. The second kappa shape index (κ2) is 13.9. The molecule has 2 aliphatic rings. The van der Waals surface area contributed by atoms with Gasteiger partial charge in [-0.05, 0) is 66.2 Å². The molecule has 3 aromatic rings. The molecule has 2 aliphatic heterocycles. The summed E-state index contributed by atoms with van der Waals surface area (Å²) in [5, 5.41) is 5.59. The minimum absolute atomic E-state index is 0.00682. The number of likely N-dealkylation sites (N-methyl/N-ethyl adjacent to an activating group) is 2. The van der Waals surface area contributed by atoms with Crippen LogP contribution in [0.25, 0.3) is 0 Å². The molecule has 1 atom stereocenters. The van der Waals surface area contributed by atoms with Crippen LogP contribution in [0.1, 0.15) is 22.6 Å². The predicted molar refractivity (Wildman–Crippen MR) is 168 cm³/mol. The van der Waals surface area contributed by atoms with Crippen LogP contribution in [0.4, 0.5) is 21.5 Å². The average molecular weight is 601 g/mol. The molecule has 10 nitrogen and oxygen atoms in total. The number of benzene rings is 3. The second-order valence-corrected chi connectivity index (χ2v) is 11.1. The number of carbonyl (C=O) groups excluding carboxylic acids is 3. The van der Waals surface area contributed by atoms with Crippen molar-refractivity contribution in [2.45, 2.75) is 12.5 Å². The third kappa shape index (κ3) is 7.36. The number of methoxy groups -OCH3 is 1. The van der Waals surface area contributed by atoms with Crippen molar-refractivity contribution in [2.24, 2.45) is 4.99 Å². The van der Waals surface area contributed by atoms with Crippen molar-refractivity contribution >= 4 is 40.5 Å². The van der Waals surface area contributed by atoms with Crippen LogP contribution in [-0.2, 0) is 25.7 Å². The Morgan fingerprint density at radius 3 is 2.55 bits per heavy atom. The van der Waals surface area contributed by atoms with Gasteiger partial charge in [-0.1, -0.05) is 24.3 Å². The summed E-state index contributed by atoms with van der Waals surface area (Å²) in [6.07, 6.45) is 0. The standard InChI is InChI=1S/C33H37FN6O4/c1-38-13-15-40(16-14-38)20-30(42)39(2)26-10-8-25(9-11-26)36-32(31-27-12-7-24(34)18-28(27)37-33(31)43)23-6-4-5-22(17-23)19-35-29(41)21-44-3/h4-12,17-18,31H,13-16,19-21H2,1-3H3,(H,35,41)(H,37,43). The van der Waals surface area contributed by atoms with E-state index in [1.807, 2.05) is 48.5 Å². The first kappa shape index (κ1) is 31.0. The molecule has 3 amide bonds. The molecule has 2 N–H and O–H groups in total. The zero-order chi connectivity index (χ0) is 31.2. The van der Waals surface area contributed by atoms with Gasteiger partial charge in [-0.25, -0.2) is 4.39 Å². The van der Waals surface area contributed by atoms with E-state index >= 15 is 0 Å². The third-order valence-corrected chi connectivity index (χ3v) is 7.92. The van der Waals surface area contributed by atoms with Gasteiger partial charge >= 0.3 is 0 Å². The number of carbonyl (C=O) groups is 3. The topological polar surface area (TPSA) is 107 Å². The summed E-state index contributed by atoms with van der Waals surface area (Å²) in [4.78, 5) is 49.2. The van der Waals surface area contributed by atoms with Crippen LogP contribution in [0.15, 0.2) is 71.7 Å². The Balaban J connectivity index is 1.42. The Labute approximate surface area is 256 Å². The summed E-state index contributed by atoms with van der Waals surface area (Å²) >= 11 is 0. The lowest BCUT2D eigenvalue weighted by atomic mass is 9.90. The number of nitrogens with zero attached hydrogens (tertiary/aromatic N) is 4. The van der Waals surface area contributed by atoms with Crippen LogP contribution in [0, 0.1) is 5.82 Å². The normalized spacial score (nSPS) is 17.2. The van der Waals surface area contributed by atoms with Crippen LogP contribution in [0.5, 0.6) is 0 Å². The van der Waals surface area contributed by atoms with E-state index in [0.29, 0.717) is 34.8 Å². The SMILES string of the molecule is COCC(=O)NCc1cccc(C(=Nc2ccc(N(C)C(=O)CN3CCN(C)CC3)cc2)C2C(=O)Nc3cc(F)ccc32)c1. The quantitative estimate of drug-likeness (QED) is 0.347. The van der Waals surface area contributed by atoms with Gasteiger partial charge in [0.25, 0.3) is 0 Å². The van der Waals surface area contributed by atoms with Gasteiger partial charge in [0, 0.05) is 58.3 Å². The molecule has 3 aromatic carbocycles. The van der Waals surface area contributed by atoms with Crippen LogP contribution in [0.2, 0.25) is 0 Å². The molecule has 0 saturated carbocycles. The van der Waals surface area contributed by atoms with Crippen molar-refractivity contribution < 1.29 is 23.5 Å². The molecular formula is C33H37FN6O4. The smallest absolute Gasteiger partial charge is 0.246 e. The first-order chi connectivity index (χ1) is 21.2. The van der Waals surface area contributed by atoms with E-state index in [1.165, 1.54) is 19.2 Å². The molecule has 1 saturated heterocycles.